The molecular formula is C13H15BrN2O2. The minimum absolute atomic E-state index is 0.0991. The number of hydrogen-bond donors (Lipinski definition) is 2. The minimum Gasteiger partial charge on any atom is -0.496 e. The predicted molar refractivity (Wildman–Crippen MR) is 73.8 cm³/mol. The van der Waals surface area contributed by atoms with E-state index >= 15 is 0 Å². The van der Waals surface area contributed by atoms with Crippen LogP contribution in [0, 0.1) is 6.92 Å². The Labute approximate surface area is 114 Å². The highest BCUT2D eigenvalue weighted by Crippen LogP contribution is 2.26. The number of aromatic amines is 1. The molecule has 0 unspecified atom stereocenters. The third-order valence-corrected chi connectivity index (χ3v) is 3.41. The lowest BCUT2D eigenvalue weighted by Crippen LogP contribution is -1.91. The van der Waals surface area contributed by atoms with Crippen LogP contribution >= 0.6 is 15.9 Å². The summed E-state index contributed by atoms with van der Waals surface area (Å²) in [7, 11) is 1.66. The van der Waals surface area contributed by atoms with Gasteiger partial charge in [-0.25, -0.2) is 4.98 Å². The van der Waals surface area contributed by atoms with Crippen molar-refractivity contribution >= 4 is 15.9 Å². The molecule has 1 aromatic heterocycles. The Kier molecular flexibility index (Phi) is 4.04. The Balaban J connectivity index is 2.36. The van der Waals surface area contributed by atoms with Gasteiger partial charge in [0.2, 0.25) is 0 Å². The fourth-order valence-corrected chi connectivity index (χ4v) is 2.30. The number of imidazole rings is 1. The number of benzene rings is 1. The average Bonchev–Trinajstić information content (AvgIpc) is 2.71. The number of nitrogens with zero attached hydrogens (tertiary/aromatic N) is 1. The standard InChI is InChI=1S/C13H15BrN2O2/c1-8-7-9(3-4-11(8)18-2)13-15-10(5-6-17)12(14)16-13/h3-4,7,17H,5-6H2,1-2H3,(H,15,16). The maximum absolute atomic E-state index is 8.95. The Morgan fingerprint density at radius 1 is 1.44 bits per heavy atom. The van der Waals surface area contributed by atoms with Gasteiger partial charge in [-0.05, 0) is 46.6 Å². The van der Waals surface area contributed by atoms with E-state index in [4.69, 9.17) is 9.84 Å². The van der Waals surface area contributed by atoms with Crippen molar-refractivity contribution in [3.8, 4) is 17.1 Å². The third-order valence-electron chi connectivity index (χ3n) is 2.76. The summed E-state index contributed by atoms with van der Waals surface area (Å²) in [4.78, 5) is 7.61. The van der Waals surface area contributed by atoms with Crippen molar-refractivity contribution in [3.05, 3.63) is 34.1 Å². The van der Waals surface area contributed by atoms with Gasteiger partial charge in [-0.2, -0.15) is 0 Å². The molecule has 18 heavy (non-hydrogen) atoms. The molecule has 0 aliphatic heterocycles. The monoisotopic (exact) mass is 310 g/mol. The second kappa shape index (κ2) is 5.54. The van der Waals surface area contributed by atoms with Crippen molar-refractivity contribution in [2.75, 3.05) is 13.7 Å². The Morgan fingerprint density at radius 3 is 2.83 bits per heavy atom. The summed E-state index contributed by atoms with van der Waals surface area (Å²) in [6.07, 6.45) is 0.558. The molecular weight excluding hydrogens is 296 g/mol. The van der Waals surface area contributed by atoms with Crippen LogP contribution in [0.3, 0.4) is 0 Å². The molecule has 2 rings (SSSR count). The van der Waals surface area contributed by atoms with Crippen LogP contribution in [-0.2, 0) is 6.42 Å². The van der Waals surface area contributed by atoms with Crippen molar-refractivity contribution in [2.24, 2.45) is 0 Å². The molecule has 0 saturated heterocycles. The first-order chi connectivity index (χ1) is 8.65. The summed E-state index contributed by atoms with van der Waals surface area (Å²) in [5, 5.41) is 8.95. The Hall–Kier alpha value is -1.33. The lowest BCUT2D eigenvalue weighted by Gasteiger charge is -2.05. The molecule has 0 saturated carbocycles. The summed E-state index contributed by atoms with van der Waals surface area (Å²) in [5.74, 6) is 1.65. The van der Waals surface area contributed by atoms with E-state index in [9.17, 15) is 0 Å². The van der Waals surface area contributed by atoms with Gasteiger partial charge in [-0.1, -0.05) is 0 Å². The second-order valence-corrected chi connectivity index (χ2v) is 4.76. The molecule has 0 fully saturated rings. The summed E-state index contributed by atoms with van der Waals surface area (Å²) in [6.45, 7) is 2.09. The van der Waals surface area contributed by atoms with E-state index in [-0.39, 0.29) is 6.61 Å². The van der Waals surface area contributed by atoms with E-state index in [1.165, 1.54) is 0 Å². The van der Waals surface area contributed by atoms with E-state index in [1.54, 1.807) is 7.11 Å². The molecule has 0 aliphatic carbocycles. The molecule has 0 aliphatic rings. The number of halogens is 1. The highest BCUT2D eigenvalue weighted by atomic mass is 79.9. The van der Waals surface area contributed by atoms with Gasteiger partial charge in [0.1, 0.15) is 16.2 Å². The third kappa shape index (κ3) is 2.57. The number of methoxy groups -OCH3 is 1. The molecule has 5 heteroatoms. The summed E-state index contributed by atoms with van der Waals surface area (Å²) < 4.78 is 5.98. The molecule has 96 valence electrons. The first-order valence-electron chi connectivity index (χ1n) is 5.66. The molecule has 0 spiro atoms. The second-order valence-electron chi connectivity index (χ2n) is 4.01. The molecule has 1 aromatic carbocycles. The molecule has 0 bridgehead atoms. The van der Waals surface area contributed by atoms with Gasteiger partial charge in [0.15, 0.2) is 0 Å². The highest BCUT2D eigenvalue weighted by molar-refractivity contribution is 9.10. The van der Waals surface area contributed by atoms with Crippen molar-refractivity contribution in [2.45, 2.75) is 13.3 Å². The van der Waals surface area contributed by atoms with E-state index in [0.29, 0.717) is 6.42 Å². The fourth-order valence-electron chi connectivity index (χ4n) is 1.83. The molecule has 0 atom stereocenters. The fraction of sp³-hybridized carbons (Fsp3) is 0.308. The van der Waals surface area contributed by atoms with Crippen LogP contribution < -0.4 is 4.74 Å². The van der Waals surface area contributed by atoms with Crippen molar-refractivity contribution in [3.63, 3.8) is 0 Å². The normalized spacial score (nSPS) is 10.7. The van der Waals surface area contributed by atoms with Gasteiger partial charge in [0.05, 0.1) is 12.8 Å². The van der Waals surface area contributed by atoms with Crippen molar-refractivity contribution < 1.29 is 9.84 Å². The SMILES string of the molecule is COc1ccc(-c2nc(Br)c(CCO)[nH]2)cc1C. The number of aliphatic hydroxyl groups is 1. The van der Waals surface area contributed by atoms with Crippen LogP contribution in [0.4, 0.5) is 0 Å². The van der Waals surface area contributed by atoms with Crippen molar-refractivity contribution in [1.29, 1.82) is 0 Å². The zero-order valence-corrected chi connectivity index (χ0v) is 11.9. The van der Waals surface area contributed by atoms with Crippen LogP contribution in [0.25, 0.3) is 11.4 Å². The van der Waals surface area contributed by atoms with Gasteiger partial charge in [-0.15, -0.1) is 0 Å². The molecule has 0 amide bonds. The van der Waals surface area contributed by atoms with Crippen LogP contribution in [0.1, 0.15) is 11.3 Å². The zero-order valence-electron chi connectivity index (χ0n) is 10.3. The molecule has 2 N–H and O–H groups in total. The average molecular weight is 311 g/mol. The number of aromatic nitrogens is 2. The number of ether oxygens (including phenoxy) is 1. The van der Waals surface area contributed by atoms with E-state index in [0.717, 1.165) is 33.0 Å². The van der Waals surface area contributed by atoms with Crippen LogP contribution in [-0.4, -0.2) is 28.8 Å². The maximum Gasteiger partial charge on any atom is 0.138 e. The van der Waals surface area contributed by atoms with Crippen LogP contribution in [0.5, 0.6) is 5.75 Å². The lowest BCUT2D eigenvalue weighted by molar-refractivity contribution is 0.298. The van der Waals surface area contributed by atoms with Gasteiger partial charge in [0, 0.05) is 18.6 Å². The smallest absolute Gasteiger partial charge is 0.138 e. The zero-order chi connectivity index (χ0) is 13.1. The maximum atomic E-state index is 8.95. The topological polar surface area (TPSA) is 58.1 Å². The van der Waals surface area contributed by atoms with Crippen LogP contribution in [0.2, 0.25) is 0 Å². The number of hydrogen-bond acceptors (Lipinski definition) is 3. The lowest BCUT2D eigenvalue weighted by atomic mass is 10.1. The number of H-pyrrole nitrogens is 1. The Morgan fingerprint density at radius 2 is 2.22 bits per heavy atom. The van der Waals surface area contributed by atoms with Gasteiger partial charge in [-0.3, -0.25) is 0 Å². The van der Waals surface area contributed by atoms with Crippen molar-refractivity contribution in [1.82, 2.24) is 9.97 Å². The predicted octanol–water partition coefficient (Wildman–Crippen LogP) is 2.69. The quantitative estimate of drug-likeness (QED) is 0.913. The van der Waals surface area contributed by atoms with E-state index < -0.39 is 0 Å². The summed E-state index contributed by atoms with van der Waals surface area (Å²) in [5.41, 5.74) is 2.96. The minimum atomic E-state index is 0.0991. The van der Waals surface area contributed by atoms with Gasteiger partial charge >= 0.3 is 0 Å². The molecule has 1 heterocycles. The number of nitrogens with one attached hydrogen (secondary N) is 1. The van der Waals surface area contributed by atoms with Gasteiger partial charge < -0.3 is 14.8 Å². The number of aryl methyl sites for hydroxylation is 1. The molecule has 4 nitrogen and oxygen atoms in total. The largest absolute Gasteiger partial charge is 0.496 e. The first kappa shape index (κ1) is 13.1. The molecule has 2 aromatic rings. The van der Waals surface area contributed by atoms with E-state index in [2.05, 4.69) is 25.9 Å². The van der Waals surface area contributed by atoms with Gasteiger partial charge in [0.25, 0.3) is 0 Å². The summed E-state index contributed by atoms with van der Waals surface area (Å²) in [6, 6.07) is 5.90. The Bertz CT molecular complexity index is 552. The highest BCUT2D eigenvalue weighted by Gasteiger charge is 2.10. The molecule has 0 radical (unpaired) electrons. The van der Waals surface area contributed by atoms with Crippen LogP contribution in [0.15, 0.2) is 22.8 Å². The van der Waals surface area contributed by atoms with E-state index in [1.807, 2.05) is 25.1 Å². The number of aliphatic hydroxyl groups excluding tert-OH is 1. The summed E-state index contributed by atoms with van der Waals surface area (Å²) >= 11 is 3.38. The number of rotatable bonds is 4. The first-order valence-corrected chi connectivity index (χ1v) is 6.45.